The lowest BCUT2D eigenvalue weighted by Gasteiger charge is -2.18. The monoisotopic (exact) mass is 299 g/mol. The Hall–Kier alpha value is -1.08. The lowest BCUT2D eigenvalue weighted by Crippen LogP contribution is -2.38. The third kappa shape index (κ3) is 4.50. The number of thiazole rings is 1. The second-order valence-electron chi connectivity index (χ2n) is 4.37. The van der Waals surface area contributed by atoms with Gasteiger partial charge in [-0.25, -0.2) is 4.98 Å². The fraction of sp³-hybridized carbons (Fsp3) is 0.583. The summed E-state index contributed by atoms with van der Waals surface area (Å²) in [4.78, 5) is 29.4. The molecule has 1 aliphatic rings. The van der Waals surface area contributed by atoms with E-state index in [0.717, 1.165) is 22.9 Å². The van der Waals surface area contributed by atoms with Crippen LogP contribution in [0.5, 0.6) is 0 Å². The summed E-state index contributed by atoms with van der Waals surface area (Å²) in [6.07, 6.45) is 0.827. The molecule has 2 amide bonds. The molecule has 2 heterocycles. The molecule has 5 nitrogen and oxygen atoms in total. The Balaban J connectivity index is 1.75. The van der Waals surface area contributed by atoms with Crippen molar-refractivity contribution in [3.8, 4) is 0 Å². The molecule has 1 fully saturated rings. The average molecular weight is 299 g/mol. The van der Waals surface area contributed by atoms with Gasteiger partial charge in [-0.1, -0.05) is 0 Å². The van der Waals surface area contributed by atoms with Crippen LogP contribution in [-0.4, -0.2) is 47.1 Å². The Morgan fingerprint density at radius 3 is 3.21 bits per heavy atom. The van der Waals surface area contributed by atoms with Gasteiger partial charge in [-0.2, -0.15) is 0 Å². The van der Waals surface area contributed by atoms with Crippen LogP contribution in [0, 0.1) is 6.92 Å². The molecule has 104 valence electrons. The number of amides is 2. The number of nitrogens with zero attached hydrogens (tertiary/aromatic N) is 2. The van der Waals surface area contributed by atoms with Gasteiger partial charge in [0, 0.05) is 24.2 Å². The standard InChI is InChI=1S/C12H17N3O2S2/c1-9-14-10(7-19-9)6-18-8-12(17)15-4-2-3-13-11(16)5-15/h7H,2-6,8H2,1H3,(H,13,16). The van der Waals surface area contributed by atoms with E-state index in [4.69, 9.17) is 0 Å². The van der Waals surface area contributed by atoms with Crippen LogP contribution >= 0.6 is 23.1 Å². The summed E-state index contributed by atoms with van der Waals surface area (Å²) < 4.78 is 0. The van der Waals surface area contributed by atoms with Crippen LogP contribution in [0.15, 0.2) is 5.38 Å². The number of thioether (sulfide) groups is 1. The maximum absolute atomic E-state index is 12.0. The number of hydrogen-bond donors (Lipinski definition) is 1. The molecule has 0 saturated carbocycles. The van der Waals surface area contributed by atoms with Gasteiger partial charge in [0.15, 0.2) is 0 Å². The molecule has 0 bridgehead atoms. The summed E-state index contributed by atoms with van der Waals surface area (Å²) >= 11 is 3.17. The lowest BCUT2D eigenvalue weighted by molar-refractivity contribution is -0.133. The molecular formula is C12H17N3O2S2. The molecule has 0 radical (unpaired) electrons. The predicted octanol–water partition coefficient (Wildman–Crippen LogP) is 1.03. The molecule has 1 aliphatic heterocycles. The number of hydrogen-bond acceptors (Lipinski definition) is 5. The summed E-state index contributed by atoms with van der Waals surface area (Å²) in [5.74, 6) is 1.12. The van der Waals surface area contributed by atoms with Crippen LogP contribution in [0.25, 0.3) is 0 Å². The van der Waals surface area contributed by atoms with Gasteiger partial charge >= 0.3 is 0 Å². The van der Waals surface area contributed by atoms with Crippen molar-refractivity contribution in [2.24, 2.45) is 0 Å². The van der Waals surface area contributed by atoms with Crippen molar-refractivity contribution in [3.63, 3.8) is 0 Å². The zero-order valence-corrected chi connectivity index (χ0v) is 12.5. The van der Waals surface area contributed by atoms with Crippen molar-refractivity contribution in [2.45, 2.75) is 19.1 Å². The number of nitrogens with one attached hydrogen (secondary N) is 1. The van der Waals surface area contributed by atoms with Gasteiger partial charge < -0.3 is 10.2 Å². The number of carbonyl (C=O) groups excluding carboxylic acids is 2. The number of carbonyl (C=O) groups is 2. The second-order valence-corrected chi connectivity index (χ2v) is 6.42. The highest BCUT2D eigenvalue weighted by Crippen LogP contribution is 2.15. The zero-order chi connectivity index (χ0) is 13.7. The van der Waals surface area contributed by atoms with E-state index in [1.165, 1.54) is 0 Å². The maximum atomic E-state index is 12.0. The minimum Gasteiger partial charge on any atom is -0.354 e. The molecule has 1 aromatic rings. The van der Waals surface area contributed by atoms with E-state index in [1.54, 1.807) is 28.0 Å². The molecule has 7 heteroatoms. The molecule has 19 heavy (non-hydrogen) atoms. The topological polar surface area (TPSA) is 62.3 Å². The van der Waals surface area contributed by atoms with Crippen LogP contribution in [0.4, 0.5) is 0 Å². The smallest absolute Gasteiger partial charge is 0.239 e. The first-order valence-corrected chi connectivity index (χ1v) is 8.22. The van der Waals surface area contributed by atoms with Gasteiger partial charge in [0.1, 0.15) is 0 Å². The minimum atomic E-state index is -0.0639. The van der Waals surface area contributed by atoms with Gasteiger partial charge in [0.05, 0.1) is 23.0 Å². The molecule has 0 spiro atoms. The SMILES string of the molecule is Cc1nc(CSCC(=O)N2CCCNC(=O)C2)cs1. The Labute approximate surface area is 120 Å². The van der Waals surface area contributed by atoms with Crippen LogP contribution in [0.1, 0.15) is 17.1 Å². The first-order valence-electron chi connectivity index (χ1n) is 6.18. The average Bonchev–Trinajstić information content (AvgIpc) is 2.66. The number of rotatable bonds is 4. The Morgan fingerprint density at radius 1 is 1.63 bits per heavy atom. The maximum Gasteiger partial charge on any atom is 0.239 e. The molecule has 1 aromatic heterocycles. The van der Waals surface area contributed by atoms with Crippen molar-refractivity contribution in [1.29, 1.82) is 0 Å². The van der Waals surface area contributed by atoms with E-state index in [9.17, 15) is 9.59 Å². The fourth-order valence-electron chi connectivity index (χ4n) is 1.83. The predicted molar refractivity (Wildman–Crippen MR) is 77.2 cm³/mol. The summed E-state index contributed by atoms with van der Waals surface area (Å²) in [6.45, 7) is 3.48. The van der Waals surface area contributed by atoms with E-state index in [0.29, 0.717) is 18.8 Å². The van der Waals surface area contributed by atoms with E-state index in [2.05, 4.69) is 10.3 Å². The van der Waals surface area contributed by atoms with Gasteiger partial charge in [-0.3, -0.25) is 9.59 Å². The van der Waals surface area contributed by atoms with E-state index in [1.807, 2.05) is 12.3 Å². The Kier molecular flexibility index (Phi) is 5.21. The van der Waals surface area contributed by atoms with E-state index < -0.39 is 0 Å². The van der Waals surface area contributed by atoms with Crippen LogP contribution in [-0.2, 0) is 15.3 Å². The van der Waals surface area contributed by atoms with Gasteiger partial charge in [-0.15, -0.1) is 23.1 Å². The zero-order valence-electron chi connectivity index (χ0n) is 10.8. The van der Waals surface area contributed by atoms with Gasteiger partial charge in [0.2, 0.25) is 11.8 Å². The highest BCUT2D eigenvalue weighted by molar-refractivity contribution is 7.99. The van der Waals surface area contributed by atoms with Crippen molar-refractivity contribution in [2.75, 3.05) is 25.4 Å². The minimum absolute atomic E-state index is 0.0361. The Morgan fingerprint density at radius 2 is 2.47 bits per heavy atom. The molecule has 0 atom stereocenters. The van der Waals surface area contributed by atoms with Crippen LogP contribution < -0.4 is 5.32 Å². The molecule has 1 N–H and O–H groups in total. The first kappa shape index (κ1) is 14.3. The van der Waals surface area contributed by atoms with Crippen molar-refractivity contribution < 1.29 is 9.59 Å². The summed E-state index contributed by atoms with van der Waals surface area (Å²) in [7, 11) is 0. The highest BCUT2D eigenvalue weighted by Gasteiger charge is 2.19. The second kappa shape index (κ2) is 6.91. The third-order valence-corrected chi connectivity index (χ3v) is 4.53. The van der Waals surface area contributed by atoms with E-state index >= 15 is 0 Å². The lowest BCUT2D eigenvalue weighted by atomic mass is 10.4. The van der Waals surface area contributed by atoms with Gasteiger partial charge in [-0.05, 0) is 13.3 Å². The normalized spacial score (nSPS) is 16.1. The quantitative estimate of drug-likeness (QED) is 0.902. The summed E-state index contributed by atoms with van der Waals surface area (Å²) in [5, 5.41) is 5.83. The largest absolute Gasteiger partial charge is 0.354 e. The summed E-state index contributed by atoms with van der Waals surface area (Å²) in [6, 6.07) is 0. The Bertz CT molecular complexity index is 462. The van der Waals surface area contributed by atoms with Crippen molar-refractivity contribution in [3.05, 3.63) is 16.1 Å². The molecule has 0 aromatic carbocycles. The molecule has 1 saturated heterocycles. The first-order chi connectivity index (χ1) is 9.15. The molecule has 0 unspecified atom stereocenters. The highest BCUT2D eigenvalue weighted by atomic mass is 32.2. The summed E-state index contributed by atoms with van der Waals surface area (Å²) in [5.41, 5.74) is 1.02. The molecular weight excluding hydrogens is 282 g/mol. The number of aryl methyl sites for hydroxylation is 1. The van der Waals surface area contributed by atoms with Crippen LogP contribution in [0.2, 0.25) is 0 Å². The van der Waals surface area contributed by atoms with Crippen LogP contribution in [0.3, 0.4) is 0 Å². The molecule has 0 aliphatic carbocycles. The van der Waals surface area contributed by atoms with Crippen molar-refractivity contribution >= 4 is 34.9 Å². The number of aromatic nitrogens is 1. The van der Waals surface area contributed by atoms with Gasteiger partial charge in [0.25, 0.3) is 0 Å². The third-order valence-electron chi connectivity index (χ3n) is 2.76. The van der Waals surface area contributed by atoms with E-state index in [-0.39, 0.29) is 18.4 Å². The molecule has 2 rings (SSSR count). The fourth-order valence-corrected chi connectivity index (χ4v) is 3.36. The van der Waals surface area contributed by atoms with Crippen molar-refractivity contribution in [1.82, 2.24) is 15.2 Å².